The number of urea groups is 1. The van der Waals surface area contributed by atoms with Crippen LogP contribution in [0.25, 0.3) is 5.69 Å². The third kappa shape index (κ3) is 5.11. The molecule has 1 unspecified atom stereocenters. The zero-order chi connectivity index (χ0) is 21.8. The van der Waals surface area contributed by atoms with Gasteiger partial charge >= 0.3 is 6.03 Å². The van der Waals surface area contributed by atoms with Crippen molar-refractivity contribution in [3.8, 4) is 17.2 Å². The van der Waals surface area contributed by atoms with E-state index in [1.807, 2.05) is 54.9 Å². The highest BCUT2D eigenvalue weighted by Gasteiger charge is 2.17. The third-order valence-corrected chi connectivity index (χ3v) is 5.20. The number of rotatable bonds is 5. The first-order valence-electron chi connectivity index (χ1n) is 10.3. The second-order valence-electron chi connectivity index (χ2n) is 7.56. The largest absolute Gasteiger partial charge is 0.490 e. The summed E-state index contributed by atoms with van der Waals surface area (Å²) < 4.78 is 13.2. The van der Waals surface area contributed by atoms with Gasteiger partial charge in [0, 0.05) is 36.7 Å². The Labute approximate surface area is 186 Å². The molecular formula is C23H25ClN4O3. The fraction of sp³-hybridized carbons (Fsp3) is 0.304. The van der Waals surface area contributed by atoms with Crippen molar-refractivity contribution >= 4 is 23.3 Å². The van der Waals surface area contributed by atoms with E-state index in [9.17, 15) is 4.79 Å². The van der Waals surface area contributed by atoms with E-state index < -0.39 is 0 Å². The van der Waals surface area contributed by atoms with Crippen molar-refractivity contribution in [2.45, 2.75) is 32.7 Å². The highest BCUT2D eigenvalue weighted by Crippen LogP contribution is 2.37. The zero-order valence-electron chi connectivity index (χ0n) is 17.5. The summed E-state index contributed by atoms with van der Waals surface area (Å²) >= 11 is 6.33. The van der Waals surface area contributed by atoms with Gasteiger partial charge in [-0.05, 0) is 32.0 Å². The van der Waals surface area contributed by atoms with Crippen LogP contribution in [0.3, 0.4) is 0 Å². The van der Waals surface area contributed by atoms with Crippen molar-refractivity contribution in [3.05, 3.63) is 64.9 Å². The van der Waals surface area contributed by atoms with Crippen LogP contribution in [0, 0.1) is 6.92 Å². The van der Waals surface area contributed by atoms with Gasteiger partial charge in [-0.25, -0.2) is 9.48 Å². The quantitative estimate of drug-likeness (QED) is 0.600. The second-order valence-corrected chi connectivity index (χ2v) is 7.96. The number of benzene rings is 2. The molecule has 2 aromatic carbocycles. The molecule has 7 nitrogen and oxygen atoms in total. The van der Waals surface area contributed by atoms with Crippen molar-refractivity contribution in [2.24, 2.45) is 0 Å². The summed E-state index contributed by atoms with van der Waals surface area (Å²) in [5, 5.41) is 10.8. The van der Waals surface area contributed by atoms with E-state index in [1.54, 1.807) is 12.1 Å². The predicted octanol–water partition coefficient (Wildman–Crippen LogP) is 4.75. The number of aryl methyl sites for hydroxylation is 1. The molecule has 31 heavy (non-hydrogen) atoms. The van der Waals surface area contributed by atoms with Crippen LogP contribution < -0.4 is 20.1 Å². The van der Waals surface area contributed by atoms with Gasteiger partial charge in [0.05, 0.1) is 35.3 Å². The molecule has 0 spiro atoms. The fourth-order valence-corrected chi connectivity index (χ4v) is 3.72. The highest BCUT2D eigenvalue weighted by atomic mass is 35.5. The Balaban J connectivity index is 1.42. The van der Waals surface area contributed by atoms with Gasteiger partial charge < -0.3 is 20.1 Å². The average molecular weight is 441 g/mol. The molecule has 0 saturated heterocycles. The molecule has 3 aromatic rings. The Morgan fingerprint density at radius 2 is 1.87 bits per heavy atom. The van der Waals surface area contributed by atoms with Crippen molar-refractivity contribution in [2.75, 3.05) is 18.5 Å². The molecule has 8 heteroatoms. The minimum Gasteiger partial charge on any atom is -0.490 e. The van der Waals surface area contributed by atoms with Crippen molar-refractivity contribution in [1.29, 1.82) is 0 Å². The monoisotopic (exact) mass is 440 g/mol. The first-order valence-corrected chi connectivity index (χ1v) is 10.6. The van der Waals surface area contributed by atoms with Crippen LogP contribution in [-0.2, 0) is 6.42 Å². The van der Waals surface area contributed by atoms with E-state index in [4.69, 9.17) is 21.1 Å². The van der Waals surface area contributed by atoms with Crippen LogP contribution in [-0.4, -0.2) is 35.1 Å². The maximum atomic E-state index is 12.6. The van der Waals surface area contributed by atoms with Gasteiger partial charge in [-0.3, -0.25) is 0 Å². The molecule has 162 valence electrons. The summed E-state index contributed by atoms with van der Waals surface area (Å²) in [7, 11) is 0. The van der Waals surface area contributed by atoms with Crippen LogP contribution in [0.5, 0.6) is 11.5 Å². The maximum Gasteiger partial charge on any atom is 0.319 e. The van der Waals surface area contributed by atoms with Gasteiger partial charge in [-0.1, -0.05) is 29.8 Å². The number of hydrogen-bond donors (Lipinski definition) is 2. The molecule has 0 aliphatic carbocycles. The number of carbonyl (C=O) groups excluding carboxylic acids is 1. The first kappa shape index (κ1) is 21.1. The maximum absolute atomic E-state index is 12.6. The standard InChI is InChI=1S/C23H25ClN4O3/c1-15(11-18-12-16(2)27-28(18)17-7-4-3-5-8-17)25-23(29)26-20-14-22-21(13-19(20)24)30-9-6-10-31-22/h3-5,7-8,12-15H,6,9-11H2,1-2H3,(H2,25,26,29). The van der Waals surface area contributed by atoms with E-state index in [2.05, 4.69) is 15.7 Å². The van der Waals surface area contributed by atoms with Gasteiger partial charge in [0.25, 0.3) is 0 Å². The Hall–Kier alpha value is -3.19. The summed E-state index contributed by atoms with van der Waals surface area (Å²) in [5.74, 6) is 1.17. The van der Waals surface area contributed by atoms with E-state index in [0.717, 1.165) is 23.5 Å². The summed E-state index contributed by atoms with van der Waals surface area (Å²) in [6, 6.07) is 14.9. The Morgan fingerprint density at radius 3 is 2.61 bits per heavy atom. The van der Waals surface area contributed by atoms with Crippen LogP contribution in [0.4, 0.5) is 10.5 Å². The smallest absolute Gasteiger partial charge is 0.319 e. The summed E-state index contributed by atoms with van der Waals surface area (Å²) in [6.07, 6.45) is 1.42. The van der Waals surface area contributed by atoms with E-state index >= 15 is 0 Å². The molecule has 2 amide bonds. The topological polar surface area (TPSA) is 77.4 Å². The lowest BCUT2D eigenvalue weighted by Gasteiger charge is -2.17. The van der Waals surface area contributed by atoms with Gasteiger partial charge in [0.15, 0.2) is 11.5 Å². The summed E-state index contributed by atoms with van der Waals surface area (Å²) in [6.45, 7) is 5.05. The van der Waals surface area contributed by atoms with E-state index in [0.29, 0.717) is 41.8 Å². The number of nitrogens with one attached hydrogen (secondary N) is 2. The number of amides is 2. The number of carbonyl (C=O) groups is 1. The molecule has 4 rings (SSSR count). The predicted molar refractivity (Wildman–Crippen MR) is 121 cm³/mol. The van der Waals surface area contributed by atoms with E-state index in [-0.39, 0.29) is 12.1 Å². The second kappa shape index (κ2) is 9.31. The van der Waals surface area contributed by atoms with Crippen LogP contribution in [0.2, 0.25) is 5.02 Å². The number of hydrogen-bond acceptors (Lipinski definition) is 4. The van der Waals surface area contributed by atoms with Crippen LogP contribution in [0.15, 0.2) is 48.5 Å². The van der Waals surface area contributed by atoms with Crippen molar-refractivity contribution < 1.29 is 14.3 Å². The van der Waals surface area contributed by atoms with Crippen LogP contribution in [0.1, 0.15) is 24.7 Å². The number of nitrogens with zero attached hydrogens (tertiary/aromatic N) is 2. The number of anilines is 1. The van der Waals surface area contributed by atoms with Crippen molar-refractivity contribution in [3.63, 3.8) is 0 Å². The minimum atomic E-state index is -0.341. The number of halogens is 1. The molecule has 1 atom stereocenters. The number of ether oxygens (including phenoxy) is 2. The third-order valence-electron chi connectivity index (χ3n) is 4.88. The Kier molecular flexibility index (Phi) is 6.32. The molecule has 1 aliphatic rings. The zero-order valence-corrected chi connectivity index (χ0v) is 18.3. The lowest BCUT2D eigenvalue weighted by Crippen LogP contribution is -2.37. The number of para-hydroxylation sites is 1. The summed E-state index contributed by atoms with van der Waals surface area (Å²) in [5.41, 5.74) is 3.40. The van der Waals surface area contributed by atoms with Crippen LogP contribution >= 0.6 is 11.6 Å². The molecular weight excluding hydrogens is 416 g/mol. The van der Waals surface area contributed by atoms with Crippen molar-refractivity contribution in [1.82, 2.24) is 15.1 Å². The molecule has 1 aliphatic heterocycles. The molecule has 1 aromatic heterocycles. The highest BCUT2D eigenvalue weighted by molar-refractivity contribution is 6.34. The van der Waals surface area contributed by atoms with Gasteiger partial charge in [0.1, 0.15) is 0 Å². The van der Waals surface area contributed by atoms with Gasteiger partial charge in [-0.15, -0.1) is 0 Å². The lowest BCUT2D eigenvalue weighted by molar-refractivity contribution is 0.249. The first-order chi connectivity index (χ1) is 15.0. The molecule has 2 heterocycles. The molecule has 0 bridgehead atoms. The van der Waals surface area contributed by atoms with Gasteiger partial charge in [0.2, 0.25) is 0 Å². The SMILES string of the molecule is Cc1cc(CC(C)NC(=O)Nc2cc3c(cc2Cl)OCCCO3)n(-c2ccccc2)n1. The Morgan fingerprint density at radius 1 is 1.16 bits per heavy atom. The molecule has 2 N–H and O–H groups in total. The fourth-order valence-electron chi connectivity index (χ4n) is 3.52. The normalized spacial score (nSPS) is 13.9. The number of aromatic nitrogens is 2. The van der Waals surface area contributed by atoms with E-state index in [1.165, 1.54) is 0 Å². The number of fused-ring (bicyclic) bond motifs is 1. The lowest BCUT2D eigenvalue weighted by atomic mass is 10.1. The molecule has 0 radical (unpaired) electrons. The molecule has 0 fully saturated rings. The average Bonchev–Trinajstić information content (AvgIpc) is 2.95. The minimum absolute atomic E-state index is 0.127. The van der Waals surface area contributed by atoms with Gasteiger partial charge in [-0.2, -0.15) is 5.10 Å². The molecule has 0 saturated carbocycles. The Bertz CT molecular complexity index is 1070. The summed E-state index contributed by atoms with van der Waals surface area (Å²) in [4.78, 5) is 12.6.